The summed E-state index contributed by atoms with van der Waals surface area (Å²) in [5.41, 5.74) is 0. The fourth-order valence-corrected chi connectivity index (χ4v) is 0. The number of hydrogen-bond acceptors (Lipinski definition) is 0. The van der Waals surface area contributed by atoms with Gasteiger partial charge in [-0.3, -0.25) is 0 Å². The molecule has 6 radical (unpaired) electrons. The molecule has 0 bridgehead atoms. The predicted molar refractivity (Wildman–Crippen MR) is 23.0 cm³/mol. The molecule has 0 spiro atoms. The maximum Gasteiger partial charge on any atom is 0 e. The maximum absolute atomic E-state index is 0. The maximum atomic E-state index is 0. The smallest absolute Gasteiger partial charge is 0 e. The fourth-order valence-electron chi connectivity index (χ4n) is 0. The van der Waals surface area contributed by atoms with Crippen LogP contribution in [0.15, 0.2) is 0 Å². The molecular formula is BiKNa2. The van der Waals surface area contributed by atoms with Crippen molar-refractivity contribution in [3.63, 3.8) is 0 Å². The van der Waals surface area contributed by atoms with Crippen molar-refractivity contribution in [2.75, 3.05) is 0 Å². The van der Waals surface area contributed by atoms with Crippen molar-refractivity contribution < 1.29 is 0 Å². The van der Waals surface area contributed by atoms with E-state index in [0.717, 1.165) is 0 Å². The molecule has 0 atom stereocenters. The molecule has 0 N–H and O–H groups in total. The van der Waals surface area contributed by atoms with Crippen molar-refractivity contribution in [3.05, 3.63) is 0 Å². The van der Waals surface area contributed by atoms with Gasteiger partial charge in [0.2, 0.25) is 0 Å². The van der Waals surface area contributed by atoms with E-state index < -0.39 is 0 Å². The summed E-state index contributed by atoms with van der Waals surface area (Å²) in [7, 11) is 0. The third-order valence-electron chi connectivity index (χ3n) is 0. The largest absolute Gasteiger partial charge is 0 e. The first kappa shape index (κ1) is 23.6. The van der Waals surface area contributed by atoms with Crippen LogP contribution in [-0.4, -0.2) is 137 Å². The van der Waals surface area contributed by atoms with Crippen molar-refractivity contribution in [2.24, 2.45) is 0 Å². The molecule has 4 heavy (non-hydrogen) atoms. The van der Waals surface area contributed by atoms with Crippen LogP contribution in [0.2, 0.25) is 0 Å². The second kappa shape index (κ2) is 15.6. The minimum atomic E-state index is 0. The molecule has 0 nitrogen and oxygen atoms in total. The van der Waals surface area contributed by atoms with Crippen LogP contribution in [0.4, 0.5) is 0 Å². The summed E-state index contributed by atoms with van der Waals surface area (Å²) in [5, 5.41) is 0. The van der Waals surface area contributed by atoms with Gasteiger partial charge in [0.15, 0.2) is 0 Å². The van der Waals surface area contributed by atoms with E-state index in [1.807, 2.05) is 0 Å². The Morgan fingerprint density at radius 2 is 0.750 bits per heavy atom. The summed E-state index contributed by atoms with van der Waals surface area (Å²) in [6, 6.07) is 0. The van der Waals surface area contributed by atoms with E-state index in [1.54, 1.807) is 0 Å². The van der Waals surface area contributed by atoms with Crippen LogP contribution in [0.25, 0.3) is 0 Å². The Morgan fingerprint density at radius 1 is 0.750 bits per heavy atom. The Labute approximate surface area is 132 Å². The molecule has 0 amide bonds. The van der Waals surface area contributed by atoms with Crippen LogP contribution in [0.1, 0.15) is 0 Å². The SMILES string of the molecule is [Bi].[K].[Na].[Na]. The third kappa shape index (κ3) is 9.72. The van der Waals surface area contributed by atoms with E-state index >= 15 is 0 Å². The molecule has 0 unspecified atom stereocenters. The van der Waals surface area contributed by atoms with Crippen LogP contribution in [-0.2, 0) is 0 Å². The first-order valence-corrected chi connectivity index (χ1v) is 0. The normalized spacial score (nSPS) is 0. The molecule has 0 fully saturated rings. The second-order valence-electron chi connectivity index (χ2n) is 0. The first-order chi connectivity index (χ1) is 0. The summed E-state index contributed by atoms with van der Waals surface area (Å²) in [5.74, 6) is 0. The Bertz CT molecular complexity index is 6.00. The standard InChI is InChI=1S/Bi.K.2Na. The van der Waals surface area contributed by atoms with Crippen LogP contribution in [0, 0.1) is 0 Å². The van der Waals surface area contributed by atoms with Gasteiger partial charge in [0.05, 0.1) is 0 Å². The monoisotopic (exact) mass is 294 g/mol. The Kier molecular flexibility index (Phi) is 92.3. The molecule has 0 aliphatic heterocycles. The third-order valence-corrected chi connectivity index (χ3v) is 0. The molecule has 0 aromatic carbocycles. The molecule has 0 aliphatic carbocycles. The topological polar surface area (TPSA) is 0 Å². The van der Waals surface area contributed by atoms with Crippen molar-refractivity contribution in [3.8, 4) is 0 Å². The van der Waals surface area contributed by atoms with Crippen molar-refractivity contribution >= 4 is 137 Å². The summed E-state index contributed by atoms with van der Waals surface area (Å²) in [4.78, 5) is 0. The molecule has 0 heterocycles. The van der Waals surface area contributed by atoms with E-state index in [1.165, 1.54) is 0 Å². The molecule has 0 aliphatic rings. The van der Waals surface area contributed by atoms with E-state index in [9.17, 15) is 0 Å². The summed E-state index contributed by atoms with van der Waals surface area (Å²) in [6.45, 7) is 0. The average Bonchev–Trinajstić information content (AvgIpc) is 0. The van der Waals surface area contributed by atoms with Crippen molar-refractivity contribution in [1.82, 2.24) is 0 Å². The van der Waals surface area contributed by atoms with Gasteiger partial charge in [-0.25, -0.2) is 0 Å². The van der Waals surface area contributed by atoms with Crippen LogP contribution in [0.3, 0.4) is 0 Å². The van der Waals surface area contributed by atoms with Gasteiger partial charge in [-0.15, -0.1) is 0 Å². The van der Waals surface area contributed by atoms with Gasteiger partial charge in [0.1, 0.15) is 0 Å². The molecule has 4 heteroatoms. The summed E-state index contributed by atoms with van der Waals surface area (Å²) in [6.07, 6.45) is 0. The minimum Gasteiger partial charge on any atom is 0 e. The molecular weight excluding hydrogens is 294 g/mol. The molecule has 0 saturated carbocycles. The van der Waals surface area contributed by atoms with Crippen molar-refractivity contribution in [2.45, 2.75) is 0 Å². The number of rotatable bonds is 0. The van der Waals surface area contributed by atoms with Gasteiger partial charge in [0.25, 0.3) is 0 Å². The molecule has 0 aromatic rings. The van der Waals surface area contributed by atoms with Crippen LogP contribution < -0.4 is 0 Å². The van der Waals surface area contributed by atoms with E-state index in [0.29, 0.717) is 0 Å². The molecule has 0 saturated heterocycles. The molecule has 0 aromatic heterocycles. The van der Waals surface area contributed by atoms with Gasteiger partial charge in [0, 0.05) is 137 Å². The van der Waals surface area contributed by atoms with Gasteiger partial charge in [-0.05, 0) is 0 Å². The summed E-state index contributed by atoms with van der Waals surface area (Å²) >= 11 is 0. The van der Waals surface area contributed by atoms with Gasteiger partial charge >= 0.3 is 0 Å². The fraction of sp³-hybridized carbons (Fsp3) is 0. The Balaban J connectivity index is 0. The second-order valence-corrected chi connectivity index (χ2v) is 0. The predicted octanol–water partition coefficient (Wildman–Crippen LogP) is -1.52. The average molecular weight is 294 g/mol. The van der Waals surface area contributed by atoms with Crippen molar-refractivity contribution in [1.29, 1.82) is 0 Å². The zero-order chi connectivity index (χ0) is 0. The minimum absolute atomic E-state index is 0. The van der Waals surface area contributed by atoms with E-state index in [4.69, 9.17) is 0 Å². The first-order valence-electron chi connectivity index (χ1n) is 0. The zero-order valence-corrected chi connectivity index (χ0v) is 14.0. The van der Waals surface area contributed by atoms with Gasteiger partial charge in [-0.1, -0.05) is 0 Å². The van der Waals surface area contributed by atoms with E-state index in [-0.39, 0.29) is 137 Å². The van der Waals surface area contributed by atoms with Crippen LogP contribution >= 0.6 is 0 Å². The Morgan fingerprint density at radius 3 is 0.750 bits per heavy atom. The number of hydrogen-bond donors (Lipinski definition) is 0. The summed E-state index contributed by atoms with van der Waals surface area (Å²) < 4.78 is 0. The Hall–Kier alpha value is 4.52. The van der Waals surface area contributed by atoms with E-state index in [2.05, 4.69) is 0 Å². The molecule has 0 rings (SSSR count). The quantitative estimate of drug-likeness (QED) is 0.476. The zero-order valence-electron chi connectivity index (χ0n) is 3.45. The van der Waals surface area contributed by atoms with Gasteiger partial charge in [-0.2, -0.15) is 0 Å². The molecule has 8 valence electrons. The van der Waals surface area contributed by atoms with Gasteiger partial charge < -0.3 is 0 Å². The van der Waals surface area contributed by atoms with Crippen LogP contribution in [0.5, 0.6) is 0 Å².